The highest BCUT2D eigenvalue weighted by atomic mass is 16.5. The van der Waals surface area contributed by atoms with Gasteiger partial charge < -0.3 is 30.0 Å². The zero-order valence-electron chi connectivity index (χ0n) is 28.6. The number of methoxy groups -OCH3 is 1. The van der Waals surface area contributed by atoms with Crippen molar-refractivity contribution in [2.75, 3.05) is 13.7 Å². The highest BCUT2D eigenvalue weighted by molar-refractivity contribution is 5.87. The second-order valence-corrected chi connectivity index (χ2v) is 14.5. The number of fused-ring (bicyclic) bond motifs is 5. The molecule has 2 aromatic carbocycles. The first-order valence-corrected chi connectivity index (χ1v) is 17.7. The number of carbonyl (C=O) groups excluding carboxylic acids is 2. The van der Waals surface area contributed by atoms with Crippen LogP contribution in [0.25, 0.3) is 33.6 Å². The number of likely N-dealkylation sites (tertiary alicyclic amines) is 2. The Balaban J connectivity index is 1.02. The molecular formula is C38H43N7O5. The molecule has 4 aliphatic rings. The molecule has 1 saturated carbocycles. The summed E-state index contributed by atoms with van der Waals surface area (Å²) in [7, 11) is 1.31. The molecule has 2 aromatic heterocycles. The summed E-state index contributed by atoms with van der Waals surface area (Å²) in [5.74, 6) is 1.65. The molecule has 12 nitrogen and oxygen atoms in total. The first-order valence-electron chi connectivity index (χ1n) is 17.7. The number of rotatable bonds is 7. The van der Waals surface area contributed by atoms with E-state index in [1.54, 1.807) is 0 Å². The fourth-order valence-corrected chi connectivity index (χ4v) is 8.81. The predicted molar refractivity (Wildman–Crippen MR) is 186 cm³/mol. The number of hydrogen-bond acceptors (Lipinski definition) is 6. The summed E-state index contributed by atoms with van der Waals surface area (Å²) in [6.45, 7) is 4.41. The highest BCUT2D eigenvalue weighted by Crippen LogP contribution is 2.50. The number of alkyl carbamates (subject to hydrolysis) is 1. The van der Waals surface area contributed by atoms with Crippen LogP contribution >= 0.6 is 0 Å². The van der Waals surface area contributed by atoms with Crippen LogP contribution in [0, 0.1) is 11.8 Å². The molecule has 0 spiro atoms. The number of amides is 3. The molecule has 50 heavy (non-hydrogen) atoms. The van der Waals surface area contributed by atoms with Gasteiger partial charge in [0.15, 0.2) is 0 Å². The zero-order chi connectivity index (χ0) is 34.7. The number of hydrogen-bond donors (Lipinski definition) is 4. The minimum Gasteiger partial charge on any atom is -0.465 e. The first-order chi connectivity index (χ1) is 24.2. The summed E-state index contributed by atoms with van der Waals surface area (Å²) in [5, 5.41) is 12.3. The predicted octanol–water partition coefficient (Wildman–Crippen LogP) is 6.48. The molecule has 2 aliphatic carbocycles. The van der Waals surface area contributed by atoms with Gasteiger partial charge in [-0.3, -0.25) is 9.69 Å². The van der Waals surface area contributed by atoms with Crippen molar-refractivity contribution in [3.63, 3.8) is 0 Å². The Labute approximate surface area is 290 Å². The SMILES string of the molecule is COC(=O)NC(C(=O)N1[C@@H]2CC[C@@H](C2)[C@H]1c1ncc(-c2ccc3c(c2)CCc2cc(-c4cnc(C5CCCN5C(=O)O)[nH]4)ccc2-3)[nH]1)C(C)C. The molecule has 260 valence electrons. The number of nitrogens with zero attached hydrogens (tertiary/aromatic N) is 4. The van der Waals surface area contributed by atoms with Crippen molar-refractivity contribution in [2.45, 2.75) is 83.0 Å². The minimum absolute atomic E-state index is 0.0808. The van der Waals surface area contributed by atoms with Gasteiger partial charge in [0, 0.05) is 12.6 Å². The van der Waals surface area contributed by atoms with E-state index in [-0.39, 0.29) is 30.0 Å². The molecule has 2 unspecified atom stereocenters. The van der Waals surface area contributed by atoms with Crippen LogP contribution in [0.1, 0.15) is 80.8 Å². The number of aryl methyl sites for hydroxylation is 2. The number of benzene rings is 2. The average molecular weight is 678 g/mol. The summed E-state index contributed by atoms with van der Waals surface area (Å²) in [6.07, 6.45) is 8.57. The Bertz CT molecular complexity index is 1970. The van der Waals surface area contributed by atoms with Crippen molar-refractivity contribution in [3.05, 3.63) is 71.6 Å². The van der Waals surface area contributed by atoms with E-state index in [1.807, 2.05) is 31.1 Å². The van der Waals surface area contributed by atoms with E-state index in [2.05, 4.69) is 56.7 Å². The summed E-state index contributed by atoms with van der Waals surface area (Å²) in [4.78, 5) is 57.5. The monoisotopic (exact) mass is 677 g/mol. The third kappa shape index (κ3) is 5.50. The van der Waals surface area contributed by atoms with Crippen molar-refractivity contribution in [2.24, 2.45) is 11.8 Å². The molecular weight excluding hydrogens is 634 g/mol. The van der Waals surface area contributed by atoms with E-state index in [0.29, 0.717) is 18.3 Å². The van der Waals surface area contributed by atoms with Gasteiger partial charge in [-0.1, -0.05) is 38.1 Å². The Morgan fingerprint density at radius 2 is 1.56 bits per heavy atom. The number of ether oxygens (including phenoxy) is 1. The van der Waals surface area contributed by atoms with Gasteiger partial charge in [0.1, 0.15) is 17.7 Å². The van der Waals surface area contributed by atoms with Crippen LogP contribution in [0.5, 0.6) is 0 Å². The minimum atomic E-state index is -0.903. The molecule has 5 atom stereocenters. The van der Waals surface area contributed by atoms with E-state index in [9.17, 15) is 19.5 Å². The molecule has 4 heterocycles. The number of nitrogens with one attached hydrogen (secondary N) is 3. The fraction of sp³-hybridized carbons (Fsp3) is 0.447. The first kappa shape index (κ1) is 32.1. The van der Waals surface area contributed by atoms with Gasteiger partial charge in [0.2, 0.25) is 5.91 Å². The van der Waals surface area contributed by atoms with Crippen LogP contribution < -0.4 is 5.32 Å². The van der Waals surface area contributed by atoms with E-state index in [1.165, 1.54) is 34.3 Å². The fourth-order valence-electron chi connectivity index (χ4n) is 8.81. The van der Waals surface area contributed by atoms with Gasteiger partial charge in [-0.05, 0) is 102 Å². The molecule has 4 N–H and O–H groups in total. The van der Waals surface area contributed by atoms with Crippen LogP contribution in [0.15, 0.2) is 48.8 Å². The standard InChI is InChI=1S/C38H43N7O5/c1-20(2)32(43-37(47)50-3)36(46)45-26-11-8-25(17-26)33(45)35-40-19-30(42-35)24-10-13-28-22(16-24)7-6-21-15-23(9-12-27(21)28)29-18-39-34(41-29)31-5-4-14-44(31)38(48)49/h9-10,12-13,15-16,18-20,25-26,31-33H,4-8,11,14,17H2,1-3H3,(H,39,41)(H,40,42)(H,43,47)(H,48,49)/t25-,26+,31?,32?,33-/m0/s1. The topological polar surface area (TPSA) is 157 Å². The smallest absolute Gasteiger partial charge is 0.407 e. The maximum atomic E-state index is 13.9. The lowest BCUT2D eigenvalue weighted by Gasteiger charge is -2.37. The summed E-state index contributed by atoms with van der Waals surface area (Å²) >= 11 is 0. The Kier molecular flexibility index (Phi) is 8.11. The van der Waals surface area contributed by atoms with Gasteiger partial charge in [0.25, 0.3) is 0 Å². The maximum absolute atomic E-state index is 13.9. The Morgan fingerprint density at radius 3 is 2.18 bits per heavy atom. The number of aromatic amines is 2. The molecule has 2 saturated heterocycles. The van der Waals surface area contributed by atoms with Gasteiger partial charge in [-0.15, -0.1) is 0 Å². The quantitative estimate of drug-likeness (QED) is 0.174. The second-order valence-electron chi connectivity index (χ2n) is 14.5. The molecule has 8 rings (SSSR count). The zero-order valence-corrected chi connectivity index (χ0v) is 28.6. The molecule has 0 radical (unpaired) electrons. The van der Waals surface area contributed by atoms with E-state index in [4.69, 9.17) is 9.72 Å². The second kappa shape index (κ2) is 12.6. The average Bonchev–Trinajstić information content (AvgIpc) is 3.97. The number of piperidine rings is 1. The van der Waals surface area contributed by atoms with Crippen molar-refractivity contribution in [3.8, 4) is 33.6 Å². The Morgan fingerprint density at radius 1 is 0.920 bits per heavy atom. The molecule has 2 bridgehead atoms. The van der Waals surface area contributed by atoms with Crippen LogP contribution in [0.3, 0.4) is 0 Å². The highest BCUT2D eigenvalue weighted by Gasteiger charge is 2.51. The van der Waals surface area contributed by atoms with Crippen LogP contribution in [-0.2, 0) is 22.4 Å². The van der Waals surface area contributed by atoms with Crippen LogP contribution in [0.4, 0.5) is 9.59 Å². The lowest BCUT2D eigenvalue weighted by molar-refractivity contribution is -0.139. The Hall–Kier alpha value is -5.13. The van der Waals surface area contributed by atoms with Gasteiger partial charge >= 0.3 is 12.2 Å². The third-order valence-corrected chi connectivity index (χ3v) is 11.3. The van der Waals surface area contributed by atoms with E-state index < -0.39 is 18.2 Å². The molecule has 4 aromatic rings. The van der Waals surface area contributed by atoms with E-state index >= 15 is 0 Å². The lowest BCUT2D eigenvalue weighted by atomic mass is 9.83. The molecule has 2 aliphatic heterocycles. The summed E-state index contributed by atoms with van der Waals surface area (Å²) in [5.41, 5.74) is 8.91. The van der Waals surface area contributed by atoms with Crippen LogP contribution in [0.2, 0.25) is 0 Å². The number of H-pyrrole nitrogens is 2. The van der Waals surface area contributed by atoms with Crippen molar-refractivity contribution >= 4 is 18.1 Å². The summed E-state index contributed by atoms with van der Waals surface area (Å²) in [6, 6.07) is 12.2. The van der Waals surface area contributed by atoms with Gasteiger partial charge in [-0.2, -0.15) is 0 Å². The number of aromatic nitrogens is 4. The van der Waals surface area contributed by atoms with Crippen molar-refractivity contribution < 1.29 is 24.2 Å². The van der Waals surface area contributed by atoms with Crippen LogP contribution in [-0.4, -0.2) is 78.7 Å². The largest absolute Gasteiger partial charge is 0.465 e. The summed E-state index contributed by atoms with van der Waals surface area (Å²) < 4.78 is 4.82. The molecule has 12 heteroatoms. The lowest BCUT2D eigenvalue weighted by Crippen LogP contribution is -2.54. The molecule has 3 fully saturated rings. The van der Waals surface area contributed by atoms with Gasteiger partial charge in [-0.25, -0.2) is 19.6 Å². The third-order valence-electron chi connectivity index (χ3n) is 11.3. The van der Waals surface area contributed by atoms with E-state index in [0.717, 1.165) is 73.3 Å². The van der Waals surface area contributed by atoms with Crippen molar-refractivity contribution in [1.82, 2.24) is 35.1 Å². The normalized spacial score (nSPS) is 22.8. The number of carbonyl (C=O) groups is 3. The number of imidazole rings is 2. The number of carboxylic acid groups (broad SMARTS) is 1. The van der Waals surface area contributed by atoms with Gasteiger partial charge in [0.05, 0.1) is 43.0 Å². The molecule has 3 amide bonds. The van der Waals surface area contributed by atoms with Crippen molar-refractivity contribution in [1.29, 1.82) is 0 Å². The maximum Gasteiger partial charge on any atom is 0.407 e.